The summed E-state index contributed by atoms with van der Waals surface area (Å²) in [6, 6.07) is 5.48. The lowest BCUT2D eigenvalue weighted by Crippen LogP contribution is -2.30. The lowest BCUT2D eigenvalue weighted by molar-refractivity contribution is 0.252. The second-order valence-electron chi connectivity index (χ2n) is 4.71. The first kappa shape index (κ1) is 16.3. The molecular weight excluding hydrogens is 300 g/mol. The number of hydrogen-bond donors (Lipinski definition) is 2. The molecule has 1 heterocycles. The highest BCUT2D eigenvalue weighted by Crippen LogP contribution is 2.22. The van der Waals surface area contributed by atoms with Crippen LogP contribution in [0.15, 0.2) is 18.2 Å². The average Bonchev–Trinajstić information content (AvgIpc) is 2.92. The number of rotatable bonds is 6. The number of nitrogens with one attached hydrogen (secondary N) is 2. The maximum Gasteiger partial charge on any atom is 0.319 e. The van der Waals surface area contributed by atoms with E-state index in [1.165, 1.54) is 4.80 Å². The van der Waals surface area contributed by atoms with E-state index in [0.29, 0.717) is 12.4 Å². The van der Waals surface area contributed by atoms with Gasteiger partial charge in [-0.1, -0.05) is 19.1 Å². The van der Waals surface area contributed by atoms with Gasteiger partial charge in [-0.15, -0.1) is 10.2 Å². The van der Waals surface area contributed by atoms with Crippen LogP contribution in [0.2, 0.25) is 0 Å². The summed E-state index contributed by atoms with van der Waals surface area (Å²) in [5, 5.41) is 17.7. The Labute approximate surface area is 133 Å². The maximum atomic E-state index is 11.9. The van der Waals surface area contributed by atoms with Gasteiger partial charge in [0.25, 0.3) is 0 Å². The third-order valence-corrected chi connectivity index (χ3v) is 3.89. The quantitative estimate of drug-likeness (QED) is 0.796. The van der Waals surface area contributed by atoms with Crippen LogP contribution >= 0.6 is 11.8 Å². The Balaban J connectivity index is 2.02. The van der Waals surface area contributed by atoms with Crippen molar-refractivity contribution in [1.82, 2.24) is 25.5 Å². The van der Waals surface area contributed by atoms with E-state index in [1.807, 2.05) is 25.1 Å². The highest BCUT2D eigenvalue weighted by molar-refractivity contribution is 7.99. The lowest BCUT2D eigenvalue weighted by Gasteiger charge is -2.10. The number of thioether (sulfide) groups is 1. The number of carbonyl (C=O) groups is 1. The van der Waals surface area contributed by atoms with Crippen LogP contribution in [0.25, 0.3) is 11.4 Å². The van der Waals surface area contributed by atoms with Gasteiger partial charge < -0.3 is 10.6 Å². The molecule has 0 saturated heterocycles. The summed E-state index contributed by atoms with van der Waals surface area (Å²) in [6.07, 6.45) is 0. The van der Waals surface area contributed by atoms with Gasteiger partial charge in [-0.05, 0) is 29.5 Å². The van der Waals surface area contributed by atoms with E-state index in [4.69, 9.17) is 0 Å². The minimum atomic E-state index is -0.205. The minimum absolute atomic E-state index is 0.205. The van der Waals surface area contributed by atoms with Crippen molar-refractivity contribution in [2.24, 2.45) is 7.05 Å². The van der Waals surface area contributed by atoms with Crippen molar-refractivity contribution in [3.63, 3.8) is 0 Å². The molecule has 7 nitrogen and oxygen atoms in total. The van der Waals surface area contributed by atoms with Crippen LogP contribution in [0.1, 0.15) is 12.5 Å². The van der Waals surface area contributed by atoms with Gasteiger partial charge in [0.15, 0.2) is 0 Å². The highest BCUT2D eigenvalue weighted by Gasteiger charge is 2.09. The second-order valence-corrected chi connectivity index (χ2v) is 6.10. The minimum Gasteiger partial charge on any atom is -0.337 e. The van der Waals surface area contributed by atoms with Gasteiger partial charge >= 0.3 is 6.03 Å². The third kappa shape index (κ3) is 4.45. The zero-order valence-electron chi connectivity index (χ0n) is 13.0. The number of urea groups is 1. The molecular formula is C14H20N6OS. The predicted molar refractivity (Wildman–Crippen MR) is 89.0 cm³/mol. The van der Waals surface area contributed by atoms with Crippen molar-refractivity contribution in [3.8, 4) is 11.4 Å². The maximum absolute atomic E-state index is 11.9. The number of carbonyl (C=O) groups excluding carboxylic acids is 1. The highest BCUT2D eigenvalue weighted by atomic mass is 32.2. The molecule has 0 unspecified atom stereocenters. The first-order valence-corrected chi connectivity index (χ1v) is 8.23. The molecule has 2 N–H and O–H groups in total. The number of nitrogens with zero attached hydrogens (tertiary/aromatic N) is 4. The molecule has 0 saturated carbocycles. The molecule has 1 aromatic heterocycles. The van der Waals surface area contributed by atoms with Crippen LogP contribution in [0.4, 0.5) is 10.5 Å². The monoisotopic (exact) mass is 320 g/mol. The molecule has 0 bridgehead atoms. The number of amides is 2. The smallest absolute Gasteiger partial charge is 0.319 e. The van der Waals surface area contributed by atoms with E-state index in [1.54, 1.807) is 18.8 Å². The second kappa shape index (κ2) is 7.79. The van der Waals surface area contributed by atoms with Crippen LogP contribution in [-0.2, 0) is 7.05 Å². The van der Waals surface area contributed by atoms with Crippen LogP contribution < -0.4 is 10.6 Å². The van der Waals surface area contributed by atoms with Gasteiger partial charge in [0, 0.05) is 23.5 Å². The molecule has 0 spiro atoms. The van der Waals surface area contributed by atoms with E-state index in [2.05, 4.69) is 33.0 Å². The number of hydrogen-bond acceptors (Lipinski definition) is 5. The Hall–Kier alpha value is -2.09. The summed E-state index contributed by atoms with van der Waals surface area (Å²) in [7, 11) is 1.71. The summed E-state index contributed by atoms with van der Waals surface area (Å²) in [5.74, 6) is 2.49. The van der Waals surface area contributed by atoms with Gasteiger partial charge in [0.2, 0.25) is 5.82 Å². The fraction of sp³-hybridized carbons (Fsp3) is 0.429. The number of anilines is 1. The molecule has 22 heavy (non-hydrogen) atoms. The van der Waals surface area contributed by atoms with Crippen molar-refractivity contribution in [3.05, 3.63) is 23.8 Å². The number of tetrazole rings is 1. The fourth-order valence-corrected chi connectivity index (χ4v) is 2.38. The van der Waals surface area contributed by atoms with E-state index >= 15 is 0 Å². The van der Waals surface area contributed by atoms with Crippen molar-refractivity contribution >= 4 is 23.5 Å². The molecule has 0 fully saturated rings. The van der Waals surface area contributed by atoms with Crippen LogP contribution in [0.5, 0.6) is 0 Å². The van der Waals surface area contributed by atoms with E-state index < -0.39 is 0 Å². The normalized spacial score (nSPS) is 10.5. The molecule has 0 aliphatic carbocycles. The molecule has 0 aliphatic rings. The summed E-state index contributed by atoms with van der Waals surface area (Å²) in [4.78, 5) is 13.3. The predicted octanol–water partition coefficient (Wildman–Crippen LogP) is 2.06. The first-order chi connectivity index (χ1) is 10.6. The standard InChI is InChI=1S/C14H20N6OS/c1-4-22-8-7-15-14(21)16-12-9-11(6-5-10(12)2)13-17-19-20(3)18-13/h5-6,9H,4,7-8H2,1-3H3,(H2,15,16,21). The molecule has 0 radical (unpaired) electrons. The third-order valence-electron chi connectivity index (χ3n) is 2.99. The Morgan fingerprint density at radius 2 is 2.23 bits per heavy atom. The largest absolute Gasteiger partial charge is 0.337 e. The zero-order valence-corrected chi connectivity index (χ0v) is 13.8. The molecule has 8 heteroatoms. The Morgan fingerprint density at radius 1 is 1.41 bits per heavy atom. The molecule has 0 aliphatic heterocycles. The van der Waals surface area contributed by atoms with E-state index in [0.717, 1.165) is 28.3 Å². The van der Waals surface area contributed by atoms with Crippen molar-refractivity contribution in [2.45, 2.75) is 13.8 Å². The van der Waals surface area contributed by atoms with Crippen molar-refractivity contribution in [1.29, 1.82) is 0 Å². The molecule has 2 aromatic rings. The lowest BCUT2D eigenvalue weighted by atomic mass is 10.1. The Bertz CT molecular complexity index is 642. The van der Waals surface area contributed by atoms with E-state index in [-0.39, 0.29) is 6.03 Å². The van der Waals surface area contributed by atoms with Crippen molar-refractivity contribution < 1.29 is 4.79 Å². The SMILES string of the molecule is CCSCCNC(=O)Nc1cc(-c2nnn(C)n2)ccc1C. The fourth-order valence-electron chi connectivity index (χ4n) is 1.84. The van der Waals surface area contributed by atoms with Crippen molar-refractivity contribution in [2.75, 3.05) is 23.4 Å². The van der Waals surface area contributed by atoms with Crippen LogP contribution in [0.3, 0.4) is 0 Å². The molecule has 1 aromatic carbocycles. The summed E-state index contributed by atoms with van der Waals surface area (Å²) < 4.78 is 0. The topological polar surface area (TPSA) is 84.7 Å². The summed E-state index contributed by atoms with van der Waals surface area (Å²) in [5.41, 5.74) is 2.53. The van der Waals surface area contributed by atoms with Gasteiger partial charge in [0.05, 0.1) is 7.05 Å². The first-order valence-electron chi connectivity index (χ1n) is 7.07. The number of benzene rings is 1. The Morgan fingerprint density at radius 3 is 2.91 bits per heavy atom. The van der Waals surface area contributed by atoms with Gasteiger partial charge in [-0.25, -0.2) is 4.79 Å². The van der Waals surface area contributed by atoms with Gasteiger partial charge in [-0.3, -0.25) is 0 Å². The molecule has 2 rings (SSSR count). The number of aryl methyl sites for hydroxylation is 2. The number of aromatic nitrogens is 4. The Kier molecular flexibility index (Phi) is 5.76. The van der Waals surface area contributed by atoms with Gasteiger partial charge in [0.1, 0.15) is 0 Å². The molecule has 118 valence electrons. The average molecular weight is 320 g/mol. The summed E-state index contributed by atoms with van der Waals surface area (Å²) in [6.45, 7) is 4.69. The van der Waals surface area contributed by atoms with Crippen LogP contribution in [0, 0.1) is 6.92 Å². The molecule has 0 atom stereocenters. The van der Waals surface area contributed by atoms with E-state index in [9.17, 15) is 4.79 Å². The van der Waals surface area contributed by atoms with Crippen LogP contribution in [-0.4, -0.2) is 44.3 Å². The zero-order chi connectivity index (χ0) is 15.9. The summed E-state index contributed by atoms with van der Waals surface area (Å²) >= 11 is 1.79. The molecule has 2 amide bonds. The van der Waals surface area contributed by atoms with Gasteiger partial charge in [-0.2, -0.15) is 16.6 Å².